The molecule has 1 saturated carbocycles. The molecule has 0 bridgehead atoms. The van der Waals surface area contributed by atoms with E-state index in [0.717, 1.165) is 9.80 Å². The van der Waals surface area contributed by atoms with Crippen LogP contribution in [0.2, 0.25) is 5.02 Å². The highest BCUT2D eigenvalue weighted by molar-refractivity contribution is 6.32. The largest absolute Gasteiger partial charge is 0.505 e. The van der Waals surface area contributed by atoms with Gasteiger partial charge in [0, 0.05) is 22.1 Å². The Balaban J connectivity index is 1.17. The van der Waals surface area contributed by atoms with Gasteiger partial charge in [-0.1, -0.05) is 96.0 Å². The van der Waals surface area contributed by atoms with Crippen molar-refractivity contribution in [2.24, 2.45) is 23.7 Å². The van der Waals surface area contributed by atoms with E-state index in [1.54, 1.807) is 109 Å². The molecule has 2 aliphatic carbocycles. The van der Waals surface area contributed by atoms with Gasteiger partial charge >= 0.3 is 0 Å². The summed E-state index contributed by atoms with van der Waals surface area (Å²) in [4.78, 5) is 74.4. The molecule has 5 aromatic rings. The number of halogens is 2. The van der Waals surface area contributed by atoms with Gasteiger partial charge in [0.05, 0.1) is 34.5 Å². The van der Waals surface area contributed by atoms with E-state index in [0.29, 0.717) is 38.5 Å². The van der Waals surface area contributed by atoms with Crippen molar-refractivity contribution in [3.8, 4) is 5.75 Å². The number of phenolic OH excluding ortho intramolecular Hbond substituents is 1. The number of anilines is 2. The predicted octanol–water partition coefficient (Wildman–Crippen LogP) is 7.78. The minimum Gasteiger partial charge on any atom is -0.505 e. The van der Waals surface area contributed by atoms with Crippen LogP contribution >= 0.6 is 11.6 Å². The van der Waals surface area contributed by atoms with Crippen LogP contribution < -0.4 is 9.80 Å². The number of aromatic hydroxyl groups is 1. The molecule has 9 rings (SSSR count). The fourth-order valence-electron chi connectivity index (χ4n) is 9.59. The van der Waals surface area contributed by atoms with Crippen LogP contribution in [0.15, 0.2) is 139 Å². The van der Waals surface area contributed by atoms with Crippen LogP contribution in [-0.4, -0.2) is 34.5 Å². The summed E-state index contributed by atoms with van der Waals surface area (Å²) >= 11 is 6.37. The summed E-state index contributed by atoms with van der Waals surface area (Å²) in [5.41, 5.74) is 1.49. The molecular weight excluding hydrogens is 719 g/mol. The van der Waals surface area contributed by atoms with Crippen molar-refractivity contribution >= 4 is 52.4 Å². The molecule has 5 aromatic carbocycles. The Labute approximate surface area is 320 Å². The van der Waals surface area contributed by atoms with E-state index < -0.39 is 70.2 Å². The highest BCUT2D eigenvalue weighted by Crippen LogP contribution is 2.64. The van der Waals surface area contributed by atoms with E-state index >= 15 is 9.18 Å². The quantitative estimate of drug-likeness (QED) is 0.108. The molecule has 0 radical (unpaired) electrons. The monoisotopic (exact) mass is 750 g/mol. The maximum atomic E-state index is 15.4. The highest BCUT2D eigenvalue weighted by Gasteiger charge is 2.70. The SMILES string of the molecule is O=C(c1ccccc1)c1ccc(N2C(=O)C3CC=C4C(CC5C(=O)N(c6cccc(Cl)c6)C(=O)C5(c5ccccc5)C4c4ccc(O)c(F)c4)C3C2=O)cc1. The van der Waals surface area contributed by atoms with Crippen molar-refractivity contribution in [2.45, 2.75) is 24.2 Å². The van der Waals surface area contributed by atoms with Crippen LogP contribution in [0.1, 0.15) is 45.8 Å². The molecule has 4 aliphatic rings. The first-order valence-electron chi connectivity index (χ1n) is 18.1. The van der Waals surface area contributed by atoms with E-state index in [4.69, 9.17) is 11.6 Å². The molecule has 6 atom stereocenters. The first-order chi connectivity index (χ1) is 26.6. The highest BCUT2D eigenvalue weighted by atomic mass is 35.5. The lowest BCUT2D eigenvalue weighted by Gasteiger charge is -2.50. The van der Waals surface area contributed by atoms with Crippen LogP contribution in [-0.2, 0) is 24.6 Å². The maximum absolute atomic E-state index is 15.4. The number of fused-ring (bicyclic) bond motifs is 4. The lowest BCUT2D eigenvalue weighted by Crippen LogP contribution is -2.53. The lowest BCUT2D eigenvalue weighted by molar-refractivity contribution is -0.127. The van der Waals surface area contributed by atoms with Crippen LogP contribution in [0.25, 0.3) is 0 Å². The van der Waals surface area contributed by atoms with Crippen molar-refractivity contribution in [1.29, 1.82) is 0 Å². The maximum Gasteiger partial charge on any atom is 0.246 e. The Kier molecular flexibility index (Phi) is 8.16. The van der Waals surface area contributed by atoms with Crippen molar-refractivity contribution in [2.75, 3.05) is 9.80 Å². The number of imide groups is 2. The molecule has 4 amide bonds. The average Bonchev–Trinajstić information content (AvgIpc) is 3.60. The summed E-state index contributed by atoms with van der Waals surface area (Å²) < 4.78 is 15.4. The fraction of sp³-hybridized carbons (Fsp3) is 0.178. The summed E-state index contributed by atoms with van der Waals surface area (Å²) in [7, 11) is 0. The number of benzene rings is 5. The standard InChI is InChI=1S/C45H32ClFN2O6/c46-29-12-7-13-31(23-29)49-42(53)35-24-34-32(39(27-16-21-37(50)36(47)22-27)45(35,44(49)55)28-10-5-2-6-11-28)19-20-33-38(34)43(54)48(41(33)52)30-17-14-26(15-18-30)40(51)25-8-3-1-4-9-25/h1-19,21-23,33-35,38-39,50H,20,24H2. The Hall–Kier alpha value is -6.19. The second-order valence-corrected chi connectivity index (χ2v) is 15.0. The number of hydrogen-bond donors (Lipinski definition) is 1. The summed E-state index contributed by atoms with van der Waals surface area (Å²) in [6, 6.07) is 34.5. The van der Waals surface area contributed by atoms with Gasteiger partial charge < -0.3 is 5.11 Å². The van der Waals surface area contributed by atoms with Crippen LogP contribution in [0.3, 0.4) is 0 Å². The molecule has 2 aliphatic heterocycles. The topological polar surface area (TPSA) is 112 Å². The van der Waals surface area contributed by atoms with Gasteiger partial charge in [0.2, 0.25) is 23.6 Å². The molecule has 2 heterocycles. The molecule has 2 saturated heterocycles. The molecule has 3 fully saturated rings. The number of ketones is 1. The number of phenols is 1. The average molecular weight is 751 g/mol. The predicted molar refractivity (Wildman–Crippen MR) is 203 cm³/mol. The Bertz CT molecular complexity index is 2470. The molecule has 0 spiro atoms. The van der Waals surface area contributed by atoms with Crippen LogP contribution in [0.5, 0.6) is 5.75 Å². The van der Waals surface area contributed by atoms with Crippen LogP contribution in [0.4, 0.5) is 15.8 Å². The molecule has 8 nitrogen and oxygen atoms in total. The summed E-state index contributed by atoms with van der Waals surface area (Å²) in [6.45, 7) is 0. The molecular formula is C45H32ClFN2O6. The molecule has 272 valence electrons. The van der Waals surface area contributed by atoms with Gasteiger partial charge in [-0.3, -0.25) is 28.9 Å². The second kappa shape index (κ2) is 13.0. The minimum absolute atomic E-state index is 0.0674. The second-order valence-electron chi connectivity index (χ2n) is 14.6. The first-order valence-corrected chi connectivity index (χ1v) is 18.4. The molecule has 55 heavy (non-hydrogen) atoms. The number of hydrogen-bond acceptors (Lipinski definition) is 6. The van der Waals surface area contributed by atoms with E-state index in [-0.39, 0.29) is 24.3 Å². The lowest BCUT2D eigenvalue weighted by atomic mass is 9.49. The van der Waals surface area contributed by atoms with E-state index in [2.05, 4.69) is 0 Å². The van der Waals surface area contributed by atoms with Gasteiger partial charge in [0.15, 0.2) is 17.3 Å². The molecule has 6 unspecified atom stereocenters. The Morgan fingerprint density at radius 1 is 0.709 bits per heavy atom. The van der Waals surface area contributed by atoms with E-state index in [1.165, 1.54) is 12.1 Å². The summed E-state index contributed by atoms with van der Waals surface area (Å²) in [6.07, 6.45) is 2.13. The number of amides is 4. The van der Waals surface area contributed by atoms with E-state index in [1.807, 2.05) is 12.1 Å². The molecule has 1 N–H and O–H groups in total. The zero-order chi connectivity index (χ0) is 38.2. The number of nitrogens with zero attached hydrogens (tertiary/aromatic N) is 2. The van der Waals surface area contributed by atoms with Crippen LogP contribution in [0, 0.1) is 29.5 Å². The van der Waals surface area contributed by atoms with Gasteiger partial charge in [-0.25, -0.2) is 9.29 Å². The number of carbonyl (C=O) groups is 5. The third-order valence-electron chi connectivity index (χ3n) is 11.9. The van der Waals surface area contributed by atoms with Gasteiger partial charge in [-0.2, -0.15) is 0 Å². The van der Waals surface area contributed by atoms with Gasteiger partial charge in [-0.05, 0) is 84.5 Å². The fourth-order valence-corrected chi connectivity index (χ4v) is 9.78. The first kappa shape index (κ1) is 34.6. The smallest absolute Gasteiger partial charge is 0.246 e. The molecule has 10 heteroatoms. The normalized spacial score (nSPS) is 25.7. The molecule has 0 aromatic heterocycles. The third-order valence-corrected chi connectivity index (χ3v) is 12.1. The van der Waals surface area contributed by atoms with Crippen molar-refractivity contribution < 1.29 is 33.5 Å². The van der Waals surface area contributed by atoms with Crippen molar-refractivity contribution in [3.63, 3.8) is 0 Å². The number of carbonyl (C=O) groups excluding carboxylic acids is 5. The zero-order valence-corrected chi connectivity index (χ0v) is 29.9. The van der Waals surface area contributed by atoms with Gasteiger partial charge in [0.25, 0.3) is 0 Å². The van der Waals surface area contributed by atoms with Crippen molar-refractivity contribution in [3.05, 3.63) is 172 Å². The summed E-state index contributed by atoms with van der Waals surface area (Å²) in [5.74, 6) is -7.78. The summed E-state index contributed by atoms with van der Waals surface area (Å²) in [5, 5.41) is 10.6. The number of allylic oxidation sites excluding steroid dienone is 2. The zero-order valence-electron chi connectivity index (χ0n) is 29.1. The minimum atomic E-state index is -1.58. The van der Waals surface area contributed by atoms with E-state index in [9.17, 15) is 24.3 Å². The van der Waals surface area contributed by atoms with Crippen molar-refractivity contribution in [1.82, 2.24) is 0 Å². The van der Waals surface area contributed by atoms with Gasteiger partial charge in [-0.15, -0.1) is 0 Å². The van der Waals surface area contributed by atoms with Gasteiger partial charge in [0.1, 0.15) is 0 Å². The Morgan fingerprint density at radius 2 is 1.40 bits per heavy atom. The number of rotatable bonds is 6. The Morgan fingerprint density at radius 3 is 2.09 bits per heavy atom. The third kappa shape index (κ3) is 5.13.